The lowest BCUT2D eigenvalue weighted by Crippen LogP contribution is -2.18. The summed E-state index contributed by atoms with van der Waals surface area (Å²) in [6.07, 6.45) is 2.02. The number of carbonyl (C=O) groups is 2. The highest BCUT2D eigenvalue weighted by Crippen LogP contribution is 2.31. The number of aryl methyl sites for hydroxylation is 1. The van der Waals surface area contributed by atoms with Crippen LogP contribution in [0.3, 0.4) is 0 Å². The van der Waals surface area contributed by atoms with E-state index in [9.17, 15) is 9.59 Å². The van der Waals surface area contributed by atoms with Crippen LogP contribution in [0.2, 0.25) is 8.67 Å². The number of amides is 1. The molecular weight excluding hydrogens is 459 g/mol. The number of esters is 1. The molecule has 0 N–H and O–H groups in total. The zero-order chi connectivity index (χ0) is 20.3. The normalized spacial score (nSPS) is 11.9. The Kier molecular flexibility index (Phi) is 7.22. The Morgan fingerprint density at radius 2 is 2.04 bits per heavy atom. The number of hydrogen-bond donors (Lipinski definition) is 0. The van der Waals surface area contributed by atoms with Crippen LogP contribution in [0.15, 0.2) is 29.3 Å². The second kappa shape index (κ2) is 9.45. The minimum atomic E-state index is -0.441. The minimum absolute atomic E-state index is 0.290. The number of benzene rings is 1. The fourth-order valence-corrected chi connectivity index (χ4v) is 5.44. The van der Waals surface area contributed by atoms with E-state index >= 15 is 0 Å². The van der Waals surface area contributed by atoms with Crippen LogP contribution < -0.4 is 4.80 Å². The Morgan fingerprint density at radius 3 is 2.68 bits per heavy atom. The molecule has 28 heavy (non-hydrogen) atoms. The summed E-state index contributed by atoms with van der Waals surface area (Å²) >= 11 is 16.2. The topological polar surface area (TPSA) is 60.7 Å². The van der Waals surface area contributed by atoms with E-state index in [-0.39, 0.29) is 11.5 Å². The first-order chi connectivity index (χ1) is 13.4. The molecule has 0 atom stereocenters. The minimum Gasteiger partial charge on any atom is -0.462 e. The van der Waals surface area contributed by atoms with Crippen LogP contribution in [0.4, 0.5) is 0 Å². The van der Waals surface area contributed by atoms with Gasteiger partial charge >= 0.3 is 5.97 Å². The van der Waals surface area contributed by atoms with Gasteiger partial charge in [-0.3, -0.25) is 4.79 Å². The van der Waals surface area contributed by atoms with Crippen LogP contribution in [-0.2, 0) is 11.3 Å². The van der Waals surface area contributed by atoms with Gasteiger partial charge in [0.2, 0.25) is 0 Å². The van der Waals surface area contributed by atoms with Crippen molar-refractivity contribution >= 4 is 79.7 Å². The predicted octanol–water partition coefficient (Wildman–Crippen LogP) is 5.35. The lowest BCUT2D eigenvalue weighted by molar-refractivity contribution is 0.0526. The zero-order valence-electron chi connectivity index (χ0n) is 15.0. The summed E-state index contributed by atoms with van der Waals surface area (Å²) in [6, 6.07) is 6.88. The molecule has 10 heteroatoms. The van der Waals surface area contributed by atoms with Crippen molar-refractivity contribution < 1.29 is 14.3 Å². The number of hydrogen-bond acceptors (Lipinski definition) is 6. The fourth-order valence-electron chi connectivity index (χ4n) is 2.53. The van der Waals surface area contributed by atoms with Crippen molar-refractivity contribution in [1.82, 2.24) is 4.57 Å². The molecule has 0 spiro atoms. The van der Waals surface area contributed by atoms with E-state index in [1.807, 2.05) is 16.9 Å². The molecule has 0 bridgehead atoms. The Labute approximate surface area is 183 Å². The van der Waals surface area contributed by atoms with Crippen molar-refractivity contribution in [3.8, 4) is 0 Å². The predicted molar refractivity (Wildman–Crippen MR) is 118 cm³/mol. The molecule has 0 saturated carbocycles. The van der Waals surface area contributed by atoms with Gasteiger partial charge in [0.25, 0.3) is 5.91 Å². The van der Waals surface area contributed by atoms with Crippen LogP contribution in [0, 0.1) is 0 Å². The third-order valence-corrected chi connectivity index (χ3v) is 6.92. The Balaban J connectivity index is 2.10. The van der Waals surface area contributed by atoms with Gasteiger partial charge in [0.05, 0.1) is 32.3 Å². The highest BCUT2D eigenvalue weighted by Gasteiger charge is 2.16. The second-order valence-corrected chi connectivity index (χ2v) is 9.87. The van der Waals surface area contributed by atoms with E-state index in [1.165, 1.54) is 17.4 Å². The standard InChI is InChI=1S/C18H16Cl2N2O3S3/c1-3-25-17(24)10-4-5-12-13(8-10)27-18(22(12)6-7-26-2)21-16(23)11-9-14(19)28-15(11)20/h4-5,8-9H,3,6-7H2,1-2H3. The van der Waals surface area contributed by atoms with Crippen molar-refractivity contribution in [2.24, 2.45) is 4.99 Å². The molecule has 1 amide bonds. The molecule has 0 aliphatic carbocycles. The van der Waals surface area contributed by atoms with Gasteiger partial charge in [0.1, 0.15) is 4.34 Å². The summed E-state index contributed by atoms with van der Waals surface area (Å²) in [6.45, 7) is 2.76. The fraction of sp³-hybridized carbons (Fsp3) is 0.278. The van der Waals surface area contributed by atoms with E-state index in [1.54, 1.807) is 30.8 Å². The number of halogens is 2. The summed E-state index contributed by atoms with van der Waals surface area (Å²) in [5, 5.41) is 0. The molecule has 3 aromatic rings. The van der Waals surface area contributed by atoms with Crippen molar-refractivity contribution in [2.75, 3.05) is 18.6 Å². The largest absolute Gasteiger partial charge is 0.462 e. The van der Waals surface area contributed by atoms with Gasteiger partial charge in [-0.25, -0.2) is 4.79 Å². The molecule has 0 radical (unpaired) electrons. The number of fused-ring (bicyclic) bond motifs is 1. The van der Waals surface area contributed by atoms with Crippen LogP contribution in [0.1, 0.15) is 27.6 Å². The first kappa shape index (κ1) is 21.4. The summed E-state index contributed by atoms with van der Waals surface area (Å²) < 4.78 is 8.66. The van der Waals surface area contributed by atoms with E-state index in [0.717, 1.165) is 27.3 Å². The van der Waals surface area contributed by atoms with Crippen LogP contribution >= 0.6 is 57.6 Å². The third-order valence-electron chi connectivity index (χ3n) is 3.80. The summed E-state index contributed by atoms with van der Waals surface area (Å²) in [7, 11) is 0. The smallest absolute Gasteiger partial charge is 0.338 e. The first-order valence-corrected chi connectivity index (χ1v) is 12.1. The Hall–Kier alpha value is -1.32. The van der Waals surface area contributed by atoms with Crippen molar-refractivity contribution in [1.29, 1.82) is 0 Å². The zero-order valence-corrected chi connectivity index (χ0v) is 19.0. The summed E-state index contributed by atoms with van der Waals surface area (Å²) in [5.41, 5.74) is 1.67. The summed E-state index contributed by atoms with van der Waals surface area (Å²) in [5.74, 6) is 0.0451. The van der Waals surface area contributed by atoms with Crippen molar-refractivity contribution in [3.63, 3.8) is 0 Å². The van der Waals surface area contributed by atoms with Gasteiger partial charge in [0.15, 0.2) is 4.80 Å². The molecule has 0 aliphatic heterocycles. The number of thiazole rings is 1. The van der Waals surface area contributed by atoms with Gasteiger partial charge in [0, 0.05) is 12.3 Å². The maximum absolute atomic E-state index is 12.6. The molecule has 1 aromatic carbocycles. The molecule has 3 rings (SSSR count). The molecule has 2 aromatic heterocycles. The molecule has 0 aliphatic rings. The third kappa shape index (κ3) is 4.63. The average molecular weight is 475 g/mol. The van der Waals surface area contributed by atoms with E-state index in [2.05, 4.69) is 4.99 Å². The molecule has 5 nitrogen and oxygen atoms in total. The lowest BCUT2D eigenvalue weighted by atomic mass is 10.2. The molecule has 2 heterocycles. The average Bonchev–Trinajstić information content (AvgIpc) is 3.18. The first-order valence-electron chi connectivity index (χ1n) is 8.28. The quantitative estimate of drug-likeness (QED) is 0.451. The number of aromatic nitrogens is 1. The molecular formula is C18H16Cl2N2O3S3. The van der Waals surface area contributed by atoms with E-state index < -0.39 is 5.91 Å². The van der Waals surface area contributed by atoms with Gasteiger partial charge in [-0.1, -0.05) is 34.5 Å². The molecule has 0 saturated heterocycles. The van der Waals surface area contributed by atoms with Gasteiger partial charge < -0.3 is 9.30 Å². The number of thioether (sulfide) groups is 1. The van der Waals surface area contributed by atoms with Gasteiger partial charge in [-0.2, -0.15) is 16.8 Å². The number of nitrogens with zero attached hydrogens (tertiary/aromatic N) is 2. The maximum Gasteiger partial charge on any atom is 0.338 e. The Bertz CT molecular complexity index is 1100. The van der Waals surface area contributed by atoms with E-state index in [0.29, 0.717) is 32.2 Å². The van der Waals surface area contributed by atoms with Crippen LogP contribution in [0.5, 0.6) is 0 Å². The SMILES string of the molecule is CCOC(=O)c1ccc2c(c1)sc(=NC(=O)c1cc(Cl)sc1Cl)n2CCSC. The monoisotopic (exact) mass is 474 g/mol. The maximum atomic E-state index is 12.6. The molecule has 0 unspecified atom stereocenters. The summed E-state index contributed by atoms with van der Waals surface area (Å²) in [4.78, 5) is 29.5. The van der Waals surface area contributed by atoms with Crippen LogP contribution in [-0.4, -0.2) is 35.1 Å². The number of carbonyl (C=O) groups excluding carboxylic acids is 2. The van der Waals surface area contributed by atoms with E-state index in [4.69, 9.17) is 27.9 Å². The van der Waals surface area contributed by atoms with Crippen molar-refractivity contribution in [3.05, 3.63) is 48.9 Å². The second-order valence-electron chi connectivity index (χ2n) is 5.59. The number of rotatable bonds is 6. The highest BCUT2D eigenvalue weighted by molar-refractivity contribution is 7.98. The number of ether oxygens (including phenoxy) is 1. The van der Waals surface area contributed by atoms with Gasteiger partial charge in [-0.15, -0.1) is 11.3 Å². The lowest BCUT2D eigenvalue weighted by Gasteiger charge is -2.05. The molecule has 0 fully saturated rings. The van der Waals surface area contributed by atoms with Crippen LogP contribution in [0.25, 0.3) is 10.2 Å². The molecule has 148 valence electrons. The van der Waals surface area contributed by atoms with Gasteiger partial charge in [-0.05, 0) is 37.4 Å². The highest BCUT2D eigenvalue weighted by atomic mass is 35.5. The Morgan fingerprint density at radius 1 is 1.25 bits per heavy atom. The number of thiophene rings is 1. The van der Waals surface area contributed by atoms with Crippen molar-refractivity contribution in [2.45, 2.75) is 13.5 Å².